The van der Waals surface area contributed by atoms with Gasteiger partial charge in [-0.3, -0.25) is 4.79 Å². The Labute approximate surface area is 157 Å². The minimum absolute atomic E-state index is 0.128. The number of nitrogens with one attached hydrogen (secondary N) is 2. The summed E-state index contributed by atoms with van der Waals surface area (Å²) in [5, 5.41) is 3.05. The molecule has 1 fully saturated rings. The van der Waals surface area contributed by atoms with Crippen LogP contribution in [-0.2, 0) is 21.9 Å². The minimum Gasteiger partial charge on any atom is -0.337 e. The molecule has 1 amide bonds. The fourth-order valence-corrected chi connectivity index (χ4v) is 4.01. The third-order valence-electron chi connectivity index (χ3n) is 4.57. The van der Waals surface area contributed by atoms with Crippen molar-refractivity contribution in [1.82, 2.24) is 24.5 Å². The predicted octanol–water partition coefficient (Wildman–Crippen LogP) is 0.319. The smallest absolute Gasteiger partial charge is 0.260 e. The van der Waals surface area contributed by atoms with E-state index in [0.717, 1.165) is 0 Å². The van der Waals surface area contributed by atoms with Gasteiger partial charge in [0, 0.05) is 32.9 Å². The Bertz CT molecular complexity index is 924. The van der Waals surface area contributed by atoms with Gasteiger partial charge in [0.25, 0.3) is 10.0 Å². The molecule has 2 heterocycles. The van der Waals surface area contributed by atoms with Gasteiger partial charge in [-0.1, -0.05) is 12.1 Å². The van der Waals surface area contributed by atoms with E-state index in [1.807, 2.05) is 0 Å². The highest BCUT2D eigenvalue weighted by Gasteiger charge is 2.29. The van der Waals surface area contributed by atoms with Gasteiger partial charge in [0.05, 0.1) is 12.6 Å². The van der Waals surface area contributed by atoms with Crippen molar-refractivity contribution in [3.05, 3.63) is 47.7 Å². The molecular weight excluding hydrogens is 373 g/mol. The molecule has 1 atom stereocenters. The van der Waals surface area contributed by atoms with Crippen LogP contribution in [0.3, 0.4) is 0 Å². The van der Waals surface area contributed by atoms with E-state index in [2.05, 4.69) is 15.0 Å². The summed E-state index contributed by atoms with van der Waals surface area (Å²) < 4.78 is 42.2. The molecule has 0 saturated carbocycles. The van der Waals surface area contributed by atoms with Crippen LogP contribution in [0.4, 0.5) is 4.39 Å². The monoisotopic (exact) mass is 395 g/mol. The Morgan fingerprint density at radius 3 is 2.89 bits per heavy atom. The number of aromatic nitrogens is 2. The maximum atomic E-state index is 13.6. The van der Waals surface area contributed by atoms with Crippen molar-refractivity contribution in [3.8, 4) is 0 Å². The number of carbonyl (C=O) groups excluding carboxylic acids is 1. The van der Waals surface area contributed by atoms with Gasteiger partial charge in [0.1, 0.15) is 11.6 Å². The summed E-state index contributed by atoms with van der Waals surface area (Å²) in [6, 6.07) is 5.72. The molecule has 27 heavy (non-hydrogen) atoms. The standard InChI is InChI=1S/C17H22FN5O3S/c1-12-21-16(11-22(12)2)27(25,26)20-10-17(24)23-7-6-19-9-15(23)13-4-3-5-14(18)8-13/h3-5,8,11,15,19-20H,6-7,9-10H2,1-2H3. The van der Waals surface area contributed by atoms with Crippen LogP contribution in [0.1, 0.15) is 17.4 Å². The molecule has 1 aromatic heterocycles. The maximum absolute atomic E-state index is 13.6. The van der Waals surface area contributed by atoms with Crippen LogP contribution in [0.2, 0.25) is 0 Å². The summed E-state index contributed by atoms with van der Waals surface area (Å²) in [4.78, 5) is 18.2. The molecule has 2 aromatic rings. The molecule has 10 heteroatoms. The highest BCUT2D eigenvalue weighted by Crippen LogP contribution is 2.23. The molecule has 0 aliphatic carbocycles. The Balaban J connectivity index is 1.72. The number of rotatable bonds is 5. The number of nitrogens with zero attached hydrogens (tertiary/aromatic N) is 3. The molecule has 1 aliphatic heterocycles. The summed E-state index contributed by atoms with van der Waals surface area (Å²) >= 11 is 0. The zero-order valence-corrected chi connectivity index (χ0v) is 16.0. The second-order valence-corrected chi connectivity index (χ2v) is 8.14. The van der Waals surface area contributed by atoms with Gasteiger partial charge < -0.3 is 14.8 Å². The van der Waals surface area contributed by atoms with Crippen molar-refractivity contribution in [2.24, 2.45) is 7.05 Å². The summed E-state index contributed by atoms with van der Waals surface area (Å²) in [5.74, 6) is -0.200. The van der Waals surface area contributed by atoms with Crippen LogP contribution >= 0.6 is 0 Å². The Morgan fingerprint density at radius 1 is 1.44 bits per heavy atom. The third-order valence-corrected chi connectivity index (χ3v) is 5.84. The fourth-order valence-electron chi connectivity index (χ4n) is 3.00. The Hall–Kier alpha value is -2.30. The van der Waals surface area contributed by atoms with E-state index < -0.39 is 10.0 Å². The van der Waals surface area contributed by atoms with Gasteiger partial charge in [-0.2, -0.15) is 0 Å². The van der Waals surface area contributed by atoms with Crippen molar-refractivity contribution >= 4 is 15.9 Å². The van der Waals surface area contributed by atoms with E-state index in [1.54, 1.807) is 35.6 Å². The number of benzene rings is 1. The van der Waals surface area contributed by atoms with Crippen LogP contribution in [-0.4, -0.2) is 55.0 Å². The number of amides is 1. The molecule has 1 aliphatic rings. The maximum Gasteiger partial charge on any atom is 0.260 e. The van der Waals surface area contributed by atoms with Crippen molar-refractivity contribution in [2.45, 2.75) is 18.0 Å². The molecular formula is C17H22FN5O3S. The molecule has 3 rings (SSSR count). The van der Waals surface area contributed by atoms with Crippen LogP contribution in [0.25, 0.3) is 0 Å². The summed E-state index contributed by atoms with van der Waals surface area (Å²) in [6.07, 6.45) is 1.39. The normalized spacial score (nSPS) is 17.9. The number of piperazine rings is 1. The number of carbonyl (C=O) groups is 1. The number of hydrogen-bond acceptors (Lipinski definition) is 5. The second kappa shape index (κ2) is 7.75. The topological polar surface area (TPSA) is 96.3 Å². The van der Waals surface area contributed by atoms with Gasteiger partial charge in [-0.05, 0) is 24.6 Å². The van der Waals surface area contributed by atoms with Gasteiger partial charge in [-0.25, -0.2) is 22.5 Å². The lowest BCUT2D eigenvalue weighted by atomic mass is 10.0. The van der Waals surface area contributed by atoms with E-state index in [9.17, 15) is 17.6 Å². The van der Waals surface area contributed by atoms with E-state index in [1.165, 1.54) is 18.3 Å². The first-order chi connectivity index (χ1) is 12.8. The van der Waals surface area contributed by atoms with E-state index >= 15 is 0 Å². The second-order valence-electron chi connectivity index (χ2n) is 6.42. The van der Waals surface area contributed by atoms with Gasteiger partial charge >= 0.3 is 0 Å². The highest BCUT2D eigenvalue weighted by molar-refractivity contribution is 7.89. The third kappa shape index (κ3) is 4.34. The fraction of sp³-hybridized carbons (Fsp3) is 0.412. The first-order valence-corrected chi connectivity index (χ1v) is 10.0. The molecule has 8 nitrogen and oxygen atoms in total. The lowest BCUT2D eigenvalue weighted by molar-refractivity contribution is -0.133. The van der Waals surface area contributed by atoms with Gasteiger partial charge in [0.2, 0.25) is 5.91 Å². The van der Waals surface area contributed by atoms with Gasteiger partial charge in [-0.15, -0.1) is 0 Å². The highest BCUT2D eigenvalue weighted by atomic mass is 32.2. The Morgan fingerprint density at radius 2 is 2.22 bits per heavy atom. The molecule has 0 bridgehead atoms. The number of hydrogen-bond donors (Lipinski definition) is 2. The number of imidazole rings is 1. The van der Waals surface area contributed by atoms with Crippen molar-refractivity contribution in [1.29, 1.82) is 0 Å². The first kappa shape index (κ1) is 19.5. The largest absolute Gasteiger partial charge is 0.337 e. The lowest BCUT2D eigenvalue weighted by Crippen LogP contribution is -2.51. The first-order valence-electron chi connectivity index (χ1n) is 8.53. The van der Waals surface area contributed by atoms with Crippen LogP contribution in [0.15, 0.2) is 35.5 Å². The van der Waals surface area contributed by atoms with Crippen LogP contribution < -0.4 is 10.0 Å². The zero-order chi connectivity index (χ0) is 19.6. The molecule has 1 aromatic carbocycles. The molecule has 2 N–H and O–H groups in total. The van der Waals surface area contributed by atoms with Crippen LogP contribution in [0, 0.1) is 12.7 Å². The number of aryl methyl sites for hydroxylation is 2. The van der Waals surface area contributed by atoms with E-state index in [-0.39, 0.29) is 29.3 Å². The summed E-state index contributed by atoms with van der Waals surface area (Å²) in [6.45, 7) is 2.77. The SMILES string of the molecule is Cc1nc(S(=O)(=O)NCC(=O)N2CCNCC2c2cccc(F)c2)cn1C. The molecule has 1 unspecified atom stereocenters. The average Bonchev–Trinajstić information content (AvgIpc) is 2.99. The molecule has 1 saturated heterocycles. The van der Waals surface area contributed by atoms with E-state index in [0.29, 0.717) is 31.0 Å². The number of sulfonamides is 1. The zero-order valence-electron chi connectivity index (χ0n) is 15.1. The predicted molar refractivity (Wildman–Crippen MR) is 96.9 cm³/mol. The van der Waals surface area contributed by atoms with Crippen LogP contribution in [0.5, 0.6) is 0 Å². The lowest BCUT2D eigenvalue weighted by Gasteiger charge is -2.36. The van der Waals surface area contributed by atoms with Crippen molar-refractivity contribution in [3.63, 3.8) is 0 Å². The summed E-state index contributed by atoms with van der Waals surface area (Å²) in [5.41, 5.74) is 0.666. The van der Waals surface area contributed by atoms with Gasteiger partial charge in [0.15, 0.2) is 5.03 Å². The van der Waals surface area contributed by atoms with E-state index in [4.69, 9.17) is 0 Å². The quantitative estimate of drug-likeness (QED) is 0.760. The number of halogens is 1. The molecule has 0 spiro atoms. The Kier molecular flexibility index (Phi) is 5.59. The molecule has 0 radical (unpaired) electrons. The average molecular weight is 395 g/mol. The van der Waals surface area contributed by atoms with Crippen molar-refractivity contribution < 1.29 is 17.6 Å². The minimum atomic E-state index is -3.89. The molecule has 146 valence electrons. The van der Waals surface area contributed by atoms with Crippen molar-refractivity contribution in [2.75, 3.05) is 26.2 Å². The summed E-state index contributed by atoms with van der Waals surface area (Å²) in [7, 11) is -2.20.